The van der Waals surface area contributed by atoms with Crippen LogP contribution in [-0.4, -0.2) is 24.8 Å². The van der Waals surface area contributed by atoms with Crippen molar-refractivity contribution in [1.29, 1.82) is 0 Å². The van der Waals surface area contributed by atoms with Crippen molar-refractivity contribution in [3.05, 3.63) is 31.1 Å². The largest absolute Gasteiger partial charge is 0.478 e. The third kappa shape index (κ3) is 2.06. The van der Waals surface area contributed by atoms with E-state index in [2.05, 4.69) is 18.8 Å². The molecule has 3 nitrogen and oxygen atoms in total. The first kappa shape index (κ1) is 10.7. The molecular weight excluding hydrogens is 190 g/mol. The van der Waals surface area contributed by atoms with E-state index < -0.39 is 0 Å². The summed E-state index contributed by atoms with van der Waals surface area (Å²) in [4.78, 5) is 15.2. The predicted octanol–water partition coefficient (Wildman–Crippen LogP) is 1.41. The van der Waals surface area contributed by atoms with E-state index in [1.54, 1.807) is 6.42 Å². The third-order valence-corrected chi connectivity index (χ3v) is 2.65. The summed E-state index contributed by atoms with van der Waals surface area (Å²) < 4.78 is 5.50. The zero-order valence-corrected chi connectivity index (χ0v) is 8.93. The van der Waals surface area contributed by atoms with E-state index in [0.717, 1.165) is 12.2 Å². The highest BCUT2D eigenvalue weighted by Crippen LogP contribution is 2.35. The molecule has 0 amide bonds. The molecule has 2 aliphatic rings. The van der Waals surface area contributed by atoms with Crippen LogP contribution in [0.2, 0.25) is 0 Å². The summed E-state index contributed by atoms with van der Waals surface area (Å²) >= 11 is 0. The highest BCUT2D eigenvalue weighted by molar-refractivity contribution is 6.05. The zero-order valence-electron chi connectivity index (χ0n) is 8.93. The van der Waals surface area contributed by atoms with Gasteiger partial charge in [-0.15, -0.1) is 0 Å². The first-order valence-corrected chi connectivity index (χ1v) is 5.14. The number of rotatable bonds is 3. The van der Waals surface area contributed by atoms with Crippen molar-refractivity contribution in [2.24, 2.45) is 10.9 Å². The SMILES string of the molecule is CC(C)C1COC([C]2[CH][CH][CH][C]2C=O)=N1. The predicted molar refractivity (Wildman–Crippen MR) is 57.5 cm³/mol. The fourth-order valence-electron chi connectivity index (χ4n) is 1.61. The molecule has 1 aliphatic heterocycles. The van der Waals surface area contributed by atoms with E-state index in [1.165, 1.54) is 0 Å². The molecule has 0 saturated heterocycles. The summed E-state index contributed by atoms with van der Waals surface area (Å²) in [5.74, 6) is 2.55. The lowest BCUT2D eigenvalue weighted by Gasteiger charge is -2.10. The lowest BCUT2D eigenvalue weighted by atomic mass is 9.97. The highest BCUT2D eigenvalue weighted by atomic mass is 16.5. The molecule has 0 aromatic carbocycles. The lowest BCUT2D eigenvalue weighted by molar-refractivity contribution is -0.105. The van der Waals surface area contributed by atoms with Gasteiger partial charge in [0.1, 0.15) is 12.9 Å². The van der Waals surface area contributed by atoms with E-state index in [-0.39, 0.29) is 6.04 Å². The van der Waals surface area contributed by atoms with E-state index in [0.29, 0.717) is 24.3 Å². The van der Waals surface area contributed by atoms with Crippen molar-refractivity contribution < 1.29 is 9.53 Å². The average molecular weight is 204 g/mol. The molecular formula is C12H14NO2. The van der Waals surface area contributed by atoms with Gasteiger partial charge in [-0.1, -0.05) is 13.8 Å². The molecule has 1 unspecified atom stereocenters. The number of hydrogen-bond donors (Lipinski definition) is 0. The van der Waals surface area contributed by atoms with Crippen LogP contribution in [0.5, 0.6) is 0 Å². The fraction of sp³-hybridized carbons (Fsp3) is 0.417. The Morgan fingerprint density at radius 1 is 1.53 bits per heavy atom. The van der Waals surface area contributed by atoms with Crippen LogP contribution in [0, 0.1) is 37.0 Å². The van der Waals surface area contributed by atoms with Gasteiger partial charge in [0.05, 0.1) is 17.9 Å². The Morgan fingerprint density at radius 3 is 2.93 bits per heavy atom. The van der Waals surface area contributed by atoms with Crippen LogP contribution in [0.15, 0.2) is 4.99 Å². The minimum absolute atomic E-state index is 0.217. The average Bonchev–Trinajstić information content (AvgIpc) is 2.85. The molecule has 0 bridgehead atoms. The van der Waals surface area contributed by atoms with Crippen molar-refractivity contribution in [2.45, 2.75) is 19.9 Å². The van der Waals surface area contributed by atoms with Gasteiger partial charge in [0.2, 0.25) is 0 Å². The number of carbonyl (C=O) groups is 1. The number of hydrogen-bond acceptors (Lipinski definition) is 3. The molecule has 1 heterocycles. The van der Waals surface area contributed by atoms with Crippen LogP contribution in [0.1, 0.15) is 13.8 Å². The quantitative estimate of drug-likeness (QED) is 0.652. The van der Waals surface area contributed by atoms with Crippen molar-refractivity contribution >= 4 is 12.2 Å². The molecule has 1 atom stereocenters. The van der Waals surface area contributed by atoms with Gasteiger partial charge in [-0.3, -0.25) is 0 Å². The fourth-order valence-corrected chi connectivity index (χ4v) is 1.61. The van der Waals surface area contributed by atoms with E-state index >= 15 is 0 Å². The Hall–Kier alpha value is -0.860. The van der Waals surface area contributed by atoms with Gasteiger partial charge in [-0.2, -0.15) is 0 Å². The highest BCUT2D eigenvalue weighted by Gasteiger charge is 2.37. The van der Waals surface area contributed by atoms with Crippen LogP contribution in [0.3, 0.4) is 0 Å². The normalized spacial score (nSPS) is 28.2. The molecule has 2 rings (SSSR count). The first-order chi connectivity index (χ1) is 7.22. The van der Waals surface area contributed by atoms with Gasteiger partial charge in [-0.25, -0.2) is 4.99 Å². The molecule has 79 valence electrons. The lowest BCUT2D eigenvalue weighted by Crippen LogP contribution is -2.17. The van der Waals surface area contributed by atoms with Gasteiger partial charge < -0.3 is 9.53 Å². The van der Waals surface area contributed by atoms with Gasteiger partial charge in [0, 0.05) is 0 Å². The first-order valence-electron chi connectivity index (χ1n) is 5.14. The number of nitrogens with zero attached hydrogens (tertiary/aromatic N) is 1. The van der Waals surface area contributed by atoms with Gasteiger partial charge >= 0.3 is 0 Å². The van der Waals surface area contributed by atoms with Crippen LogP contribution in [-0.2, 0) is 9.53 Å². The molecule has 15 heavy (non-hydrogen) atoms. The van der Waals surface area contributed by atoms with Crippen LogP contribution in [0.25, 0.3) is 0 Å². The van der Waals surface area contributed by atoms with E-state index in [4.69, 9.17) is 4.74 Å². The van der Waals surface area contributed by atoms with Gasteiger partial charge in [-0.05, 0) is 25.2 Å². The van der Waals surface area contributed by atoms with Gasteiger partial charge in [0.25, 0.3) is 0 Å². The smallest absolute Gasteiger partial charge is 0.192 e. The minimum atomic E-state index is 0.217. The monoisotopic (exact) mass is 204 g/mol. The standard InChI is InChI=1S/C12H14NO2/c1-8(2)11-7-15-12(13-11)10-5-3-4-9(10)6-14/h3-6,8,11H,7H2,1-2H3. The number of aliphatic imine (C=N–C) groups is 1. The Bertz CT molecular complexity index is 273. The van der Waals surface area contributed by atoms with Crippen molar-refractivity contribution in [3.63, 3.8) is 0 Å². The van der Waals surface area contributed by atoms with Crippen molar-refractivity contribution in [3.8, 4) is 0 Å². The Kier molecular flexibility index (Phi) is 3.08. The molecule has 5 radical (unpaired) electrons. The summed E-state index contributed by atoms with van der Waals surface area (Å²) in [6.07, 6.45) is 6.32. The molecule has 1 fully saturated rings. The second-order valence-electron chi connectivity index (χ2n) is 4.07. The Labute approximate surface area is 90.9 Å². The minimum Gasteiger partial charge on any atom is -0.478 e. The summed E-state index contributed by atoms with van der Waals surface area (Å²) in [7, 11) is 0. The maximum absolute atomic E-state index is 10.7. The maximum atomic E-state index is 10.7. The second kappa shape index (κ2) is 4.33. The van der Waals surface area contributed by atoms with Crippen molar-refractivity contribution in [2.75, 3.05) is 6.61 Å². The van der Waals surface area contributed by atoms with Gasteiger partial charge in [0.15, 0.2) is 5.90 Å². The molecule has 0 aromatic rings. The maximum Gasteiger partial charge on any atom is 0.192 e. The summed E-state index contributed by atoms with van der Waals surface area (Å²) in [6, 6.07) is 0.217. The topological polar surface area (TPSA) is 38.7 Å². The second-order valence-corrected chi connectivity index (χ2v) is 4.07. The molecule has 0 aromatic heterocycles. The van der Waals surface area contributed by atoms with E-state index in [1.807, 2.05) is 12.8 Å². The van der Waals surface area contributed by atoms with E-state index in [9.17, 15) is 4.79 Å². The summed E-state index contributed by atoms with van der Waals surface area (Å²) in [6.45, 7) is 4.86. The number of aldehydes is 1. The molecule has 0 spiro atoms. The summed E-state index contributed by atoms with van der Waals surface area (Å²) in [5, 5.41) is 0. The zero-order chi connectivity index (χ0) is 10.8. The van der Waals surface area contributed by atoms with Crippen LogP contribution < -0.4 is 0 Å². The number of carbonyl (C=O) groups excluding carboxylic acids is 1. The third-order valence-electron chi connectivity index (χ3n) is 2.65. The Morgan fingerprint density at radius 2 is 2.33 bits per heavy atom. The molecule has 1 aliphatic carbocycles. The number of ether oxygens (including phenoxy) is 1. The van der Waals surface area contributed by atoms with Crippen LogP contribution in [0.4, 0.5) is 0 Å². The van der Waals surface area contributed by atoms with Crippen LogP contribution >= 0.6 is 0 Å². The summed E-state index contributed by atoms with van der Waals surface area (Å²) in [5.41, 5.74) is 0. The van der Waals surface area contributed by atoms with Crippen molar-refractivity contribution in [1.82, 2.24) is 0 Å². The molecule has 3 heteroatoms. The molecule has 0 N–H and O–H groups in total. The molecule has 1 saturated carbocycles. The Balaban J connectivity index is 2.05.